The van der Waals surface area contributed by atoms with Gasteiger partial charge in [-0.2, -0.15) is 0 Å². The molecule has 4 heterocycles. The second-order valence-electron chi connectivity index (χ2n) is 19.7. The maximum atomic E-state index is 15.5. The molecular formula is C57H55FN8O12. The fourth-order valence-corrected chi connectivity index (χ4v) is 11.1. The second kappa shape index (κ2) is 21.6. The molecule has 0 spiro atoms. The van der Waals surface area contributed by atoms with Crippen molar-refractivity contribution in [3.8, 4) is 22.5 Å². The summed E-state index contributed by atoms with van der Waals surface area (Å²) in [6, 6.07) is 25.2. The highest BCUT2D eigenvalue weighted by Gasteiger charge is 2.46. The number of amides is 6. The second-order valence-corrected chi connectivity index (χ2v) is 19.7. The normalized spacial score (nSPS) is 16.8. The molecule has 0 bridgehead atoms. The van der Waals surface area contributed by atoms with Crippen LogP contribution < -0.4 is 32.6 Å². The number of esters is 1. The Kier molecular flexibility index (Phi) is 14.5. The van der Waals surface area contributed by atoms with E-state index >= 15 is 4.39 Å². The van der Waals surface area contributed by atoms with Crippen molar-refractivity contribution in [1.29, 1.82) is 0 Å². The molecule has 2 aromatic heterocycles. The summed E-state index contributed by atoms with van der Waals surface area (Å²) in [4.78, 5) is 112. The number of halogens is 1. The number of benzene rings is 4. The van der Waals surface area contributed by atoms with Gasteiger partial charge in [-0.25, -0.2) is 23.8 Å². The molecule has 4 aliphatic rings. The van der Waals surface area contributed by atoms with Gasteiger partial charge in [0.15, 0.2) is 5.60 Å². The van der Waals surface area contributed by atoms with E-state index in [0.29, 0.717) is 57.4 Å². The third kappa shape index (κ3) is 9.99. The SMILES string of the molecule is CC[C@@]1(O)C(=O)OCc2c1cc1n(c2=O)Cc2c-1nc1cc(F)c(C)c3c1c2[C@@H](NC(=O)OCCN(CC(N)=O)C(=O)[C@H](Cc1ccccc1)NC(=O)CNC(=O)CNC(=O)OCC1c2ccccc2-c2ccccc21)CC3. The molecule has 0 saturated heterocycles. The van der Waals surface area contributed by atoms with Gasteiger partial charge in [0.1, 0.15) is 38.2 Å². The molecule has 0 saturated carbocycles. The number of alkyl carbamates (subject to hydrolysis) is 2. The number of hydrogen-bond donors (Lipinski definition) is 6. The first-order valence-corrected chi connectivity index (χ1v) is 25.5. The Bertz CT molecular complexity index is 3490. The summed E-state index contributed by atoms with van der Waals surface area (Å²) in [6.07, 6.45) is -1.21. The van der Waals surface area contributed by atoms with Crippen LogP contribution >= 0.6 is 0 Å². The Morgan fingerprint density at radius 2 is 1.59 bits per heavy atom. The summed E-state index contributed by atoms with van der Waals surface area (Å²) in [7, 11) is 0. The van der Waals surface area contributed by atoms with E-state index in [4.69, 9.17) is 24.9 Å². The number of primary amides is 1. The van der Waals surface area contributed by atoms with Crippen LogP contribution in [0.4, 0.5) is 14.0 Å². The number of carbonyl (C=O) groups is 7. The Hall–Kier alpha value is -8.98. The third-order valence-electron chi connectivity index (χ3n) is 15.0. The fourth-order valence-electron chi connectivity index (χ4n) is 11.1. The molecule has 3 atom stereocenters. The van der Waals surface area contributed by atoms with Gasteiger partial charge in [0.05, 0.1) is 54.7 Å². The minimum Gasteiger partial charge on any atom is -0.458 e. The van der Waals surface area contributed by atoms with Crippen molar-refractivity contribution in [2.24, 2.45) is 5.73 Å². The monoisotopic (exact) mass is 1060 g/mol. The van der Waals surface area contributed by atoms with Gasteiger partial charge in [-0.3, -0.25) is 24.0 Å². The third-order valence-corrected chi connectivity index (χ3v) is 15.0. The molecule has 402 valence electrons. The van der Waals surface area contributed by atoms with Crippen molar-refractivity contribution >= 4 is 52.7 Å². The number of nitrogens with zero attached hydrogens (tertiary/aromatic N) is 3. The summed E-state index contributed by atoms with van der Waals surface area (Å²) in [5.74, 6) is -4.69. The molecule has 21 heteroatoms. The van der Waals surface area contributed by atoms with Crippen molar-refractivity contribution in [3.63, 3.8) is 0 Å². The highest BCUT2D eigenvalue weighted by Crippen LogP contribution is 2.47. The molecule has 6 aromatic rings. The molecule has 78 heavy (non-hydrogen) atoms. The molecular weight excluding hydrogens is 1010 g/mol. The molecule has 0 radical (unpaired) electrons. The van der Waals surface area contributed by atoms with Gasteiger partial charge in [0, 0.05) is 34.9 Å². The average molecular weight is 1060 g/mol. The van der Waals surface area contributed by atoms with E-state index in [9.17, 15) is 43.5 Å². The van der Waals surface area contributed by atoms with Crippen molar-refractivity contribution in [3.05, 3.63) is 157 Å². The summed E-state index contributed by atoms with van der Waals surface area (Å²) < 4.78 is 33.3. The topological polar surface area (TPSA) is 280 Å². The van der Waals surface area contributed by atoms with Crippen LogP contribution in [0, 0.1) is 12.7 Å². The first-order valence-electron chi connectivity index (χ1n) is 25.5. The molecule has 20 nitrogen and oxygen atoms in total. The zero-order valence-corrected chi connectivity index (χ0v) is 42.6. The Labute approximate surface area is 445 Å². The van der Waals surface area contributed by atoms with E-state index < -0.39 is 97.1 Å². The van der Waals surface area contributed by atoms with E-state index in [1.54, 1.807) is 50.2 Å². The van der Waals surface area contributed by atoms with Gasteiger partial charge in [-0.15, -0.1) is 0 Å². The van der Waals surface area contributed by atoms with Crippen LogP contribution in [0.15, 0.2) is 95.8 Å². The van der Waals surface area contributed by atoms with E-state index in [-0.39, 0.29) is 61.7 Å². The largest absolute Gasteiger partial charge is 0.458 e. The van der Waals surface area contributed by atoms with Crippen LogP contribution in [0.5, 0.6) is 0 Å². The zero-order chi connectivity index (χ0) is 55.0. The quantitative estimate of drug-likeness (QED) is 0.0558. The molecule has 2 aliphatic heterocycles. The lowest BCUT2D eigenvalue weighted by Crippen LogP contribution is -2.54. The van der Waals surface area contributed by atoms with Crippen LogP contribution in [0.3, 0.4) is 0 Å². The smallest absolute Gasteiger partial charge is 0.407 e. The van der Waals surface area contributed by atoms with Gasteiger partial charge in [-0.1, -0.05) is 85.8 Å². The van der Waals surface area contributed by atoms with Crippen molar-refractivity contribution < 1.29 is 57.3 Å². The van der Waals surface area contributed by atoms with Gasteiger partial charge in [-0.05, 0) is 76.8 Å². The van der Waals surface area contributed by atoms with Crippen LogP contribution in [0.25, 0.3) is 33.4 Å². The predicted molar refractivity (Wildman–Crippen MR) is 279 cm³/mol. The standard InChI is InChI=1S/C57H55FN8O12/c1-3-57(75)40-22-45-51-37(26-66(45)52(70)39(40)29-77-54(57)72)50-42(18-17-32-30(2)41(58)23-43(63-51)49(32)50)64-56(74)76-20-19-65(27-46(59)67)53(71)44(21-31-11-5-4-6-12-31)62-48(69)25-60-47(68)24-61-55(73)78-28-38-35-15-9-7-13-33(35)34-14-8-10-16-36(34)38/h4-16,22-23,38,42,44,75H,3,17-21,24-29H2,1-2H3,(H2,59,67)(H,60,68)(H,61,73)(H,62,69)(H,64,74)/t42-,44-,57-/m0/s1. The van der Waals surface area contributed by atoms with Gasteiger partial charge in [0.2, 0.25) is 23.6 Å². The maximum absolute atomic E-state index is 15.5. The fraction of sp³-hybridized carbons (Fsp3) is 0.316. The molecule has 6 amide bonds. The van der Waals surface area contributed by atoms with E-state index in [1.165, 1.54) is 10.6 Å². The number of cyclic esters (lactones) is 1. The average Bonchev–Trinajstić information content (AvgIpc) is 4.04. The number of carbonyl (C=O) groups excluding carboxylic acids is 7. The highest BCUT2D eigenvalue weighted by atomic mass is 19.1. The number of aromatic nitrogens is 2. The molecule has 0 unspecified atom stereocenters. The molecule has 10 rings (SSSR count). The van der Waals surface area contributed by atoms with Crippen molar-refractivity contribution in [1.82, 2.24) is 35.7 Å². The maximum Gasteiger partial charge on any atom is 0.407 e. The Morgan fingerprint density at radius 3 is 2.29 bits per heavy atom. The first kappa shape index (κ1) is 52.5. The molecule has 4 aromatic carbocycles. The van der Waals surface area contributed by atoms with Crippen LogP contribution in [-0.2, 0) is 69.8 Å². The number of fused-ring (bicyclic) bond motifs is 8. The molecule has 2 aliphatic carbocycles. The van der Waals surface area contributed by atoms with Crippen LogP contribution in [-0.4, -0.2) is 107 Å². The molecule has 7 N–H and O–H groups in total. The van der Waals surface area contributed by atoms with Crippen molar-refractivity contribution in [2.75, 3.05) is 39.4 Å². The van der Waals surface area contributed by atoms with E-state index in [1.807, 2.05) is 48.5 Å². The van der Waals surface area contributed by atoms with E-state index in [2.05, 4.69) is 21.3 Å². The minimum atomic E-state index is -2.08. The van der Waals surface area contributed by atoms with Gasteiger partial charge in [0.25, 0.3) is 5.56 Å². The van der Waals surface area contributed by atoms with Gasteiger partial charge < -0.3 is 55.8 Å². The lowest BCUT2D eigenvalue weighted by molar-refractivity contribution is -0.172. The summed E-state index contributed by atoms with van der Waals surface area (Å²) in [5.41, 5.74) is 11.2. The van der Waals surface area contributed by atoms with Crippen LogP contribution in [0.1, 0.15) is 81.8 Å². The number of aliphatic hydroxyl groups is 1. The number of rotatable bonds is 17. The zero-order valence-electron chi connectivity index (χ0n) is 42.6. The number of nitrogens with two attached hydrogens (primary N) is 1. The van der Waals surface area contributed by atoms with Crippen molar-refractivity contribution in [2.45, 2.75) is 76.3 Å². The number of ether oxygens (including phenoxy) is 3. The summed E-state index contributed by atoms with van der Waals surface area (Å²) >= 11 is 0. The number of aryl methyl sites for hydroxylation is 1. The van der Waals surface area contributed by atoms with Crippen LogP contribution in [0.2, 0.25) is 0 Å². The lowest BCUT2D eigenvalue weighted by Gasteiger charge is -2.31. The Balaban J connectivity index is 0.783. The lowest BCUT2D eigenvalue weighted by atomic mass is 9.81. The van der Waals surface area contributed by atoms with E-state index in [0.717, 1.165) is 27.2 Å². The minimum absolute atomic E-state index is 0.00868. The number of pyridine rings is 2. The number of nitrogens with one attached hydrogen (secondary N) is 4. The highest BCUT2D eigenvalue weighted by molar-refractivity contribution is 5.95. The summed E-state index contributed by atoms with van der Waals surface area (Å²) in [5, 5.41) is 22.4. The summed E-state index contributed by atoms with van der Waals surface area (Å²) in [6.45, 7) is 0.469. The predicted octanol–water partition coefficient (Wildman–Crippen LogP) is 3.94. The first-order chi connectivity index (χ1) is 37.5. The Morgan fingerprint density at radius 1 is 0.897 bits per heavy atom. The number of hydrogen-bond acceptors (Lipinski definition) is 13. The molecule has 0 fully saturated rings. The van der Waals surface area contributed by atoms with Gasteiger partial charge >= 0.3 is 18.2 Å².